The first kappa shape index (κ1) is 18.3. The highest BCUT2D eigenvalue weighted by Gasteiger charge is 2.21. The molecule has 6 heteroatoms. The van der Waals surface area contributed by atoms with Gasteiger partial charge >= 0.3 is 0 Å². The van der Waals surface area contributed by atoms with Gasteiger partial charge in [0.15, 0.2) is 0 Å². The summed E-state index contributed by atoms with van der Waals surface area (Å²) in [4.78, 5) is 29.0. The Bertz CT molecular complexity index is 896. The average Bonchev–Trinajstić information content (AvgIpc) is 2.71. The Morgan fingerprint density at radius 2 is 1.59 bits per heavy atom. The first-order valence-corrected chi connectivity index (χ1v) is 8.53. The minimum atomic E-state index is -0.764. The average molecular weight is 360 g/mol. The van der Waals surface area contributed by atoms with E-state index in [0.717, 1.165) is 11.1 Å². The number of hydrazine groups is 1. The van der Waals surface area contributed by atoms with Crippen LogP contribution in [0.5, 0.6) is 0 Å². The summed E-state index contributed by atoms with van der Waals surface area (Å²) in [6, 6.07) is 21.0. The topological polar surface area (TPSA) is 83.1 Å². The van der Waals surface area contributed by atoms with E-state index in [4.69, 9.17) is 0 Å². The molecule has 0 aliphatic rings. The maximum Gasteiger partial charge on any atom is 0.283 e. The molecule has 0 spiro atoms. The zero-order valence-corrected chi connectivity index (χ0v) is 14.8. The number of nitrogens with zero attached hydrogens (tertiary/aromatic N) is 1. The number of rotatable bonds is 6. The summed E-state index contributed by atoms with van der Waals surface area (Å²) in [5.74, 6) is -0.703. The fraction of sp³-hybridized carbons (Fsp3) is 0.0952. The van der Waals surface area contributed by atoms with Crippen molar-refractivity contribution in [3.05, 3.63) is 95.8 Å². The van der Waals surface area contributed by atoms with Crippen LogP contribution >= 0.6 is 0 Å². The van der Waals surface area contributed by atoms with Gasteiger partial charge in [-0.25, -0.2) is 5.43 Å². The number of nitrogens with one attached hydrogen (secondary N) is 3. The van der Waals surface area contributed by atoms with Crippen molar-refractivity contribution < 1.29 is 9.59 Å². The van der Waals surface area contributed by atoms with Gasteiger partial charge in [0, 0.05) is 11.9 Å². The van der Waals surface area contributed by atoms with Crippen molar-refractivity contribution in [3.63, 3.8) is 0 Å². The first-order valence-electron chi connectivity index (χ1n) is 8.53. The molecular weight excluding hydrogens is 340 g/mol. The van der Waals surface area contributed by atoms with Crippen molar-refractivity contribution in [1.82, 2.24) is 15.8 Å². The Labute approximate surface area is 157 Å². The fourth-order valence-electron chi connectivity index (χ4n) is 2.50. The molecule has 27 heavy (non-hydrogen) atoms. The van der Waals surface area contributed by atoms with E-state index in [9.17, 15) is 9.59 Å². The monoisotopic (exact) mass is 360 g/mol. The van der Waals surface area contributed by atoms with Crippen LogP contribution in [0.15, 0.2) is 79.0 Å². The zero-order chi connectivity index (χ0) is 19.1. The number of pyridine rings is 1. The number of amides is 2. The van der Waals surface area contributed by atoms with Gasteiger partial charge in [0.25, 0.3) is 5.91 Å². The molecule has 3 rings (SSSR count). The molecule has 0 bridgehead atoms. The van der Waals surface area contributed by atoms with Crippen molar-refractivity contribution >= 4 is 17.5 Å². The largest absolute Gasteiger partial charge is 0.324 e. The number of hydrogen-bond acceptors (Lipinski definition) is 4. The first-order chi connectivity index (χ1) is 13.1. The molecule has 2 amide bonds. The standard InChI is InChI=1S/C21H20N4O2/c1-15-10-12-17(13-11-15)23-21(27)19(16-7-3-2-4-8-16)24-25-20(26)18-9-5-6-14-22-18/h2-14,19,24H,1H3,(H,23,27)(H,25,26)/t19-/m0/s1. The van der Waals surface area contributed by atoms with Crippen LogP contribution in [0.3, 0.4) is 0 Å². The molecule has 1 atom stereocenters. The molecular formula is C21H20N4O2. The van der Waals surface area contributed by atoms with Crippen LogP contribution in [-0.4, -0.2) is 16.8 Å². The summed E-state index contributed by atoms with van der Waals surface area (Å²) >= 11 is 0. The predicted octanol–water partition coefficient (Wildman–Crippen LogP) is 3.00. The van der Waals surface area contributed by atoms with Gasteiger partial charge < -0.3 is 5.32 Å². The predicted molar refractivity (Wildman–Crippen MR) is 104 cm³/mol. The highest BCUT2D eigenvalue weighted by atomic mass is 16.2. The minimum Gasteiger partial charge on any atom is -0.324 e. The van der Waals surface area contributed by atoms with E-state index >= 15 is 0 Å². The van der Waals surface area contributed by atoms with Crippen molar-refractivity contribution in [2.75, 3.05) is 5.32 Å². The smallest absolute Gasteiger partial charge is 0.283 e. The lowest BCUT2D eigenvalue weighted by atomic mass is 10.1. The maximum atomic E-state index is 12.8. The van der Waals surface area contributed by atoms with Gasteiger partial charge in [-0.1, -0.05) is 54.1 Å². The van der Waals surface area contributed by atoms with Crippen molar-refractivity contribution in [3.8, 4) is 0 Å². The molecule has 0 aliphatic heterocycles. The third kappa shape index (κ3) is 4.99. The number of aryl methyl sites for hydroxylation is 1. The van der Waals surface area contributed by atoms with E-state index in [1.807, 2.05) is 61.5 Å². The summed E-state index contributed by atoms with van der Waals surface area (Å²) in [6.07, 6.45) is 1.54. The number of carbonyl (C=O) groups excluding carboxylic acids is 2. The fourth-order valence-corrected chi connectivity index (χ4v) is 2.50. The molecule has 6 nitrogen and oxygen atoms in total. The SMILES string of the molecule is Cc1ccc(NC(=O)[C@@H](NNC(=O)c2ccccn2)c2ccccc2)cc1. The second-order valence-electron chi connectivity index (χ2n) is 6.01. The van der Waals surface area contributed by atoms with Crippen molar-refractivity contribution in [1.29, 1.82) is 0 Å². The number of carbonyl (C=O) groups is 2. The molecule has 0 radical (unpaired) electrons. The van der Waals surface area contributed by atoms with Crippen LogP contribution in [-0.2, 0) is 4.79 Å². The molecule has 1 aromatic heterocycles. The Morgan fingerprint density at radius 3 is 2.26 bits per heavy atom. The Balaban J connectivity index is 1.74. The Kier molecular flexibility index (Phi) is 5.91. The van der Waals surface area contributed by atoms with Gasteiger partial charge in [0.2, 0.25) is 5.91 Å². The third-order valence-corrected chi connectivity index (χ3v) is 3.94. The van der Waals surface area contributed by atoms with Crippen LogP contribution in [0, 0.1) is 6.92 Å². The number of hydrogen-bond donors (Lipinski definition) is 3. The van der Waals surface area contributed by atoms with Crippen molar-refractivity contribution in [2.24, 2.45) is 0 Å². The van der Waals surface area contributed by atoms with E-state index in [0.29, 0.717) is 5.69 Å². The van der Waals surface area contributed by atoms with E-state index in [-0.39, 0.29) is 11.6 Å². The normalized spacial score (nSPS) is 11.4. The number of aromatic nitrogens is 1. The van der Waals surface area contributed by atoms with E-state index in [1.165, 1.54) is 6.20 Å². The van der Waals surface area contributed by atoms with Gasteiger partial charge in [-0.3, -0.25) is 20.0 Å². The second kappa shape index (κ2) is 8.73. The highest BCUT2D eigenvalue weighted by molar-refractivity contribution is 5.96. The molecule has 3 N–H and O–H groups in total. The molecule has 3 aromatic rings. The highest BCUT2D eigenvalue weighted by Crippen LogP contribution is 2.16. The Morgan fingerprint density at radius 1 is 0.889 bits per heavy atom. The van der Waals surface area contributed by atoms with Crippen LogP contribution in [0.4, 0.5) is 5.69 Å². The van der Waals surface area contributed by atoms with Gasteiger partial charge in [-0.2, -0.15) is 0 Å². The molecule has 0 unspecified atom stereocenters. The molecule has 1 heterocycles. The lowest BCUT2D eigenvalue weighted by Crippen LogP contribution is -2.44. The summed E-state index contributed by atoms with van der Waals surface area (Å²) in [5.41, 5.74) is 8.15. The minimum absolute atomic E-state index is 0.260. The van der Waals surface area contributed by atoms with Gasteiger partial charge in [0.05, 0.1) is 0 Å². The number of anilines is 1. The van der Waals surface area contributed by atoms with Gasteiger partial charge in [0.1, 0.15) is 11.7 Å². The molecule has 136 valence electrons. The molecule has 0 saturated carbocycles. The summed E-state index contributed by atoms with van der Waals surface area (Å²) < 4.78 is 0. The van der Waals surface area contributed by atoms with Crippen LogP contribution in [0.25, 0.3) is 0 Å². The van der Waals surface area contributed by atoms with Gasteiger partial charge in [-0.15, -0.1) is 0 Å². The Hall–Kier alpha value is -3.51. The third-order valence-electron chi connectivity index (χ3n) is 3.94. The van der Waals surface area contributed by atoms with Gasteiger partial charge in [-0.05, 0) is 36.8 Å². The zero-order valence-electron chi connectivity index (χ0n) is 14.8. The van der Waals surface area contributed by atoms with Crippen molar-refractivity contribution in [2.45, 2.75) is 13.0 Å². The van der Waals surface area contributed by atoms with E-state index < -0.39 is 11.9 Å². The molecule has 2 aromatic carbocycles. The quantitative estimate of drug-likeness (QED) is 0.590. The maximum absolute atomic E-state index is 12.8. The lowest BCUT2D eigenvalue weighted by Gasteiger charge is -2.19. The van der Waals surface area contributed by atoms with Crippen LogP contribution in [0.1, 0.15) is 27.7 Å². The van der Waals surface area contributed by atoms with Crippen LogP contribution in [0.2, 0.25) is 0 Å². The summed E-state index contributed by atoms with van der Waals surface area (Å²) in [7, 11) is 0. The molecule has 0 aliphatic carbocycles. The second-order valence-corrected chi connectivity index (χ2v) is 6.01. The summed E-state index contributed by atoms with van der Waals surface area (Å²) in [5, 5.41) is 2.86. The van der Waals surface area contributed by atoms with E-state index in [2.05, 4.69) is 21.2 Å². The number of benzene rings is 2. The van der Waals surface area contributed by atoms with E-state index in [1.54, 1.807) is 18.2 Å². The molecule has 0 fully saturated rings. The van der Waals surface area contributed by atoms with Crippen LogP contribution < -0.4 is 16.2 Å². The molecule has 0 saturated heterocycles. The lowest BCUT2D eigenvalue weighted by molar-refractivity contribution is -0.118. The summed E-state index contributed by atoms with van der Waals surface area (Å²) in [6.45, 7) is 1.98.